The molecule has 1 fully saturated rings. The van der Waals surface area contributed by atoms with Gasteiger partial charge in [-0.2, -0.15) is 4.98 Å². The number of nitrogens with zero attached hydrogens (tertiary/aromatic N) is 5. The first-order valence-corrected chi connectivity index (χ1v) is 13.2. The number of nitrogens with one attached hydrogen (secondary N) is 2. The molecule has 37 heavy (non-hydrogen) atoms. The van der Waals surface area contributed by atoms with Gasteiger partial charge in [-0.1, -0.05) is 0 Å². The van der Waals surface area contributed by atoms with Crippen LogP contribution in [0.25, 0.3) is 0 Å². The zero-order valence-corrected chi connectivity index (χ0v) is 22.1. The molecule has 4 aliphatic rings. The number of carbonyl (C=O) groups excluding carboxylic acids is 2. The molecular formula is C26H29N7O3S. The van der Waals surface area contributed by atoms with Gasteiger partial charge < -0.3 is 19.9 Å². The van der Waals surface area contributed by atoms with E-state index in [4.69, 9.17) is 9.72 Å². The number of carbonyl (C=O) groups is 2. The highest BCUT2D eigenvalue weighted by atomic mass is 32.1. The van der Waals surface area contributed by atoms with Crippen LogP contribution in [0.5, 0.6) is 5.75 Å². The number of ether oxygens (including phenoxy) is 1. The van der Waals surface area contributed by atoms with Crippen LogP contribution in [0.15, 0.2) is 30.6 Å². The van der Waals surface area contributed by atoms with Gasteiger partial charge in [-0.15, -0.1) is 11.3 Å². The van der Waals surface area contributed by atoms with Gasteiger partial charge in [0.2, 0.25) is 11.9 Å². The Morgan fingerprint density at radius 3 is 2.78 bits per heavy atom. The Bertz CT molecular complexity index is 1400. The summed E-state index contributed by atoms with van der Waals surface area (Å²) in [7, 11) is 3.34. The van der Waals surface area contributed by atoms with Crippen LogP contribution in [0, 0.1) is 5.41 Å². The monoisotopic (exact) mass is 519 g/mol. The highest BCUT2D eigenvalue weighted by Gasteiger charge is 2.43. The minimum Gasteiger partial charge on any atom is -0.495 e. The van der Waals surface area contributed by atoms with Crippen LogP contribution < -0.4 is 25.2 Å². The van der Waals surface area contributed by atoms with Gasteiger partial charge >= 0.3 is 0 Å². The second-order valence-corrected chi connectivity index (χ2v) is 11.6. The van der Waals surface area contributed by atoms with Gasteiger partial charge in [-0.25, -0.2) is 9.97 Å². The Balaban J connectivity index is 1.50. The molecule has 10 nitrogen and oxygen atoms in total. The second-order valence-electron chi connectivity index (χ2n) is 10.5. The van der Waals surface area contributed by atoms with Crippen molar-refractivity contribution in [1.82, 2.24) is 15.0 Å². The maximum Gasteiger partial charge on any atom is 0.257 e. The average molecular weight is 520 g/mol. The fourth-order valence-electron chi connectivity index (χ4n) is 5.57. The molecule has 2 N–H and O–H groups in total. The predicted molar refractivity (Wildman–Crippen MR) is 143 cm³/mol. The van der Waals surface area contributed by atoms with Gasteiger partial charge in [0.15, 0.2) is 10.9 Å². The Morgan fingerprint density at radius 1 is 1.14 bits per heavy atom. The Hall–Kier alpha value is -3.73. The van der Waals surface area contributed by atoms with Gasteiger partial charge in [0, 0.05) is 36.3 Å². The van der Waals surface area contributed by atoms with Crippen molar-refractivity contribution in [2.45, 2.75) is 45.1 Å². The quantitative estimate of drug-likeness (QED) is 0.487. The SMILES string of the molecule is COc1cc2ccc1Nc1ncc3c(n1)N(CC(C)(C)C(=O)N3C)C1CCC(C1)c1cnc(s1)NC2=O. The molecule has 2 amide bonds. The zero-order chi connectivity index (χ0) is 25.9. The van der Waals surface area contributed by atoms with E-state index in [0.29, 0.717) is 46.2 Å². The van der Waals surface area contributed by atoms with E-state index in [1.165, 1.54) is 11.3 Å². The topological polar surface area (TPSA) is 113 Å². The minimum atomic E-state index is -0.596. The Morgan fingerprint density at radius 2 is 1.97 bits per heavy atom. The summed E-state index contributed by atoms with van der Waals surface area (Å²) >= 11 is 1.52. The number of anilines is 5. The Labute approximate surface area is 219 Å². The van der Waals surface area contributed by atoms with Crippen molar-refractivity contribution in [2.24, 2.45) is 5.41 Å². The summed E-state index contributed by atoms with van der Waals surface area (Å²) in [5.41, 5.74) is 1.19. The molecule has 7 rings (SSSR count). The van der Waals surface area contributed by atoms with Crippen LogP contribution in [0.2, 0.25) is 0 Å². The van der Waals surface area contributed by atoms with Crippen LogP contribution >= 0.6 is 11.3 Å². The Kier molecular flexibility index (Phi) is 5.55. The number of methoxy groups -OCH3 is 1. The van der Waals surface area contributed by atoms with E-state index in [1.807, 2.05) is 20.0 Å². The molecular weight excluding hydrogens is 490 g/mol. The summed E-state index contributed by atoms with van der Waals surface area (Å²) in [6, 6.07) is 5.37. The van der Waals surface area contributed by atoms with Crippen molar-refractivity contribution in [2.75, 3.05) is 41.1 Å². The second kappa shape index (κ2) is 8.69. The summed E-state index contributed by atoms with van der Waals surface area (Å²) in [5.74, 6) is 1.74. The summed E-state index contributed by atoms with van der Waals surface area (Å²) in [4.78, 5) is 45.4. The van der Waals surface area contributed by atoms with Crippen molar-refractivity contribution in [3.8, 4) is 5.75 Å². The third-order valence-corrected chi connectivity index (χ3v) is 8.61. The van der Waals surface area contributed by atoms with Crippen LogP contribution in [0.3, 0.4) is 0 Å². The summed E-state index contributed by atoms with van der Waals surface area (Å²) in [6.45, 7) is 4.53. The lowest BCUT2D eigenvalue weighted by Crippen LogP contribution is -2.45. The first-order valence-electron chi connectivity index (χ1n) is 12.4. The fraction of sp³-hybridized carbons (Fsp3) is 0.423. The smallest absolute Gasteiger partial charge is 0.257 e. The maximum absolute atomic E-state index is 13.4. The van der Waals surface area contributed by atoms with E-state index >= 15 is 0 Å². The maximum atomic E-state index is 13.4. The number of hydrogen-bond acceptors (Lipinski definition) is 9. The fourth-order valence-corrected chi connectivity index (χ4v) is 6.52. The van der Waals surface area contributed by atoms with Crippen LogP contribution in [0.4, 0.5) is 28.3 Å². The average Bonchev–Trinajstić information content (AvgIpc) is 3.54. The van der Waals surface area contributed by atoms with Crippen molar-refractivity contribution in [3.63, 3.8) is 0 Å². The molecule has 0 radical (unpaired) electrons. The predicted octanol–water partition coefficient (Wildman–Crippen LogP) is 4.40. The number of fused-ring (bicyclic) bond motifs is 3. The lowest BCUT2D eigenvalue weighted by molar-refractivity contribution is -0.125. The third-order valence-electron chi connectivity index (χ3n) is 7.53. The zero-order valence-electron chi connectivity index (χ0n) is 21.2. The van der Waals surface area contributed by atoms with Crippen molar-refractivity contribution >= 4 is 51.4 Å². The van der Waals surface area contributed by atoms with E-state index in [1.54, 1.807) is 43.5 Å². The van der Waals surface area contributed by atoms with E-state index in [-0.39, 0.29) is 17.9 Å². The minimum absolute atomic E-state index is 0.0392. The number of rotatable bonds is 1. The summed E-state index contributed by atoms with van der Waals surface area (Å²) in [5, 5.41) is 6.76. The lowest BCUT2D eigenvalue weighted by atomic mass is 9.90. The van der Waals surface area contributed by atoms with E-state index in [2.05, 4.69) is 25.5 Å². The first kappa shape index (κ1) is 23.7. The normalized spacial score (nSPS) is 22.3. The molecule has 2 aromatic heterocycles. The highest BCUT2D eigenvalue weighted by Crippen LogP contribution is 2.45. The van der Waals surface area contributed by atoms with Gasteiger partial charge in [0.1, 0.15) is 11.4 Å². The molecule has 8 bridgehead atoms. The van der Waals surface area contributed by atoms with Gasteiger partial charge in [-0.05, 0) is 57.2 Å². The first-order chi connectivity index (χ1) is 17.7. The van der Waals surface area contributed by atoms with Crippen LogP contribution in [0.1, 0.15) is 54.3 Å². The number of benzene rings is 1. The van der Waals surface area contributed by atoms with Crippen molar-refractivity contribution in [3.05, 3.63) is 41.0 Å². The number of amides is 2. The van der Waals surface area contributed by atoms with Crippen LogP contribution in [-0.4, -0.2) is 53.5 Å². The van der Waals surface area contributed by atoms with Crippen molar-refractivity contribution in [1.29, 1.82) is 0 Å². The molecule has 2 unspecified atom stereocenters. The van der Waals surface area contributed by atoms with Gasteiger partial charge in [0.25, 0.3) is 5.91 Å². The van der Waals surface area contributed by atoms with E-state index < -0.39 is 5.41 Å². The molecule has 3 aromatic rings. The summed E-state index contributed by atoms with van der Waals surface area (Å²) in [6.07, 6.45) is 6.48. The van der Waals surface area contributed by atoms with E-state index in [0.717, 1.165) is 30.0 Å². The molecule has 0 spiro atoms. The third kappa shape index (κ3) is 4.07. The standard InChI is InChI=1S/C26H29N7O3S/c1-26(2)13-33-16-7-5-14(9-16)20-12-28-25(37-20)31-22(34)15-6-8-17(19(10-15)36-4)29-24-27-11-18(21(33)30-24)32(3)23(26)35/h6,8,10-12,14,16H,5,7,9,13H2,1-4H3,(H,27,29,30)(H,28,31,34). The van der Waals surface area contributed by atoms with Gasteiger partial charge in [0.05, 0.1) is 24.4 Å². The lowest BCUT2D eigenvalue weighted by Gasteiger charge is -2.34. The molecule has 5 heterocycles. The number of hydrogen-bond donors (Lipinski definition) is 2. The molecule has 1 aliphatic carbocycles. The molecule has 2 atom stereocenters. The number of thiazole rings is 1. The molecule has 1 aromatic carbocycles. The highest BCUT2D eigenvalue weighted by molar-refractivity contribution is 7.15. The molecule has 0 saturated heterocycles. The molecule has 11 heteroatoms. The molecule has 3 aliphatic heterocycles. The van der Waals surface area contributed by atoms with Crippen molar-refractivity contribution < 1.29 is 14.3 Å². The van der Waals surface area contributed by atoms with Crippen LogP contribution in [-0.2, 0) is 4.79 Å². The summed E-state index contributed by atoms with van der Waals surface area (Å²) < 4.78 is 5.57. The molecule has 192 valence electrons. The largest absolute Gasteiger partial charge is 0.495 e. The number of aromatic nitrogens is 3. The molecule has 1 saturated carbocycles. The van der Waals surface area contributed by atoms with E-state index in [9.17, 15) is 9.59 Å². The van der Waals surface area contributed by atoms with Gasteiger partial charge in [-0.3, -0.25) is 14.9 Å².